The average molecular weight is 465 g/mol. The van der Waals surface area contributed by atoms with E-state index in [0.29, 0.717) is 12.5 Å². The van der Waals surface area contributed by atoms with Gasteiger partial charge in [-0.05, 0) is 36.8 Å². The summed E-state index contributed by atoms with van der Waals surface area (Å²) in [6, 6.07) is 6.23. The van der Waals surface area contributed by atoms with Crippen LogP contribution in [0.2, 0.25) is 0 Å². The van der Waals surface area contributed by atoms with Crippen molar-refractivity contribution in [3.05, 3.63) is 29.3 Å². The first-order valence-corrected chi connectivity index (χ1v) is 10.2. The topological polar surface area (TPSA) is 84.5 Å². The molecule has 3 N–H and O–H groups in total. The molecule has 136 valence electrons. The molecule has 5 nitrogen and oxygen atoms in total. The molecule has 1 fully saturated rings. The van der Waals surface area contributed by atoms with Gasteiger partial charge >= 0.3 is 0 Å². The summed E-state index contributed by atoms with van der Waals surface area (Å²) in [5.74, 6) is 0.558. The molecule has 0 atom stereocenters. The van der Waals surface area contributed by atoms with Gasteiger partial charge in [0.2, 0.25) is 0 Å². The van der Waals surface area contributed by atoms with Crippen molar-refractivity contribution >= 4 is 45.5 Å². The van der Waals surface area contributed by atoms with Crippen LogP contribution in [-0.2, 0) is 22.7 Å². The smallest absolute Gasteiger partial charge is 0.193 e. The summed E-state index contributed by atoms with van der Waals surface area (Å²) >= 11 is 0. The van der Waals surface area contributed by atoms with Crippen LogP contribution >= 0.6 is 24.0 Å². The summed E-state index contributed by atoms with van der Waals surface area (Å²) in [6.07, 6.45) is 4.93. The Morgan fingerprint density at radius 1 is 1.25 bits per heavy atom. The van der Waals surface area contributed by atoms with Gasteiger partial charge in [-0.25, -0.2) is 8.42 Å². The van der Waals surface area contributed by atoms with Crippen molar-refractivity contribution in [3.63, 3.8) is 0 Å². The van der Waals surface area contributed by atoms with Crippen molar-refractivity contribution in [1.82, 2.24) is 0 Å². The SMILES string of the molecule is CCc1cccc(CC)c1NC(N)=NCC1(CS(C)(=O)=O)CC1.I. The summed E-state index contributed by atoms with van der Waals surface area (Å²) in [5, 5.41) is 3.22. The summed E-state index contributed by atoms with van der Waals surface area (Å²) in [4.78, 5) is 4.41. The van der Waals surface area contributed by atoms with Crippen molar-refractivity contribution < 1.29 is 8.42 Å². The molecule has 1 saturated carbocycles. The second-order valence-electron chi connectivity index (χ2n) is 6.55. The Kier molecular flexibility index (Phi) is 7.52. The van der Waals surface area contributed by atoms with Crippen molar-refractivity contribution in [2.75, 3.05) is 23.9 Å². The van der Waals surface area contributed by atoms with Crippen LogP contribution in [0.3, 0.4) is 0 Å². The van der Waals surface area contributed by atoms with Gasteiger partial charge < -0.3 is 11.1 Å². The Morgan fingerprint density at radius 3 is 2.21 bits per heavy atom. The highest BCUT2D eigenvalue weighted by atomic mass is 127. The van der Waals surface area contributed by atoms with Crippen LogP contribution in [0.15, 0.2) is 23.2 Å². The largest absolute Gasteiger partial charge is 0.370 e. The van der Waals surface area contributed by atoms with E-state index >= 15 is 0 Å². The molecule has 1 aliphatic carbocycles. The molecule has 0 amide bonds. The van der Waals surface area contributed by atoms with Crippen LogP contribution in [0, 0.1) is 5.41 Å². The van der Waals surface area contributed by atoms with E-state index in [-0.39, 0.29) is 35.1 Å². The molecule has 0 aromatic heterocycles. The Balaban J connectivity index is 0.00000288. The molecular formula is C17H28IN3O2S. The van der Waals surface area contributed by atoms with Gasteiger partial charge in [-0.15, -0.1) is 24.0 Å². The molecule has 0 saturated heterocycles. The van der Waals surface area contributed by atoms with Crippen LogP contribution in [0.5, 0.6) is 0 Å². The highest BCUT2D eigenvalue weighted by Gasteiger charge is 2.45. The molecule has 1 aromatic rings. The van der Waals surface area contributed by atoms with E-state index in [1.807, 2.05) is 0 Å². The van der Waals surface area contributed by atoms with Crippen LogP contribution in [0.1, 0.15) is 37.8 Å². The van der Waals surface area contributed by atoms with E-state index < -0.39 is 9.84 Å². The molecule has 0 spiro atoms. The van der Waals surface area contributed by atoms with E-state index in [1.165, 1.54) is 17.4 Å². The van der Waals surface area contributed by atoms with Crippen molar-refractivity contribution in [3.8, 4) is 0 Å². The molecule has 7 heteroatoms. The minimum Gasteiger partial charge on any atom is -0.370 e. The van der Waals surface area contributed by atoms with Gasteiger partial charge in [0.1, 0.15) is 9.84 Å². The first-order chi connectivity index (χ1) is 10.8. The number of hydrogen-bond donors (Lipinski definition) is 2. The lowest BCUT2D eigenvalue weighted by Gasteiger charge is -2.16. The maximum Gasteiger partial charge on any atom is 0.193 e. The predicted molar refractivity (Wildman–Crippen MR) is 112 cm³/mol. The Labute approximate surface area is 162 Å². The minimum absolute atomic E-state index is 0. The molecule has 1 aromatic carbocycles. The lowest BCUT2D eigenvalue weighted by Crippen LogP contribution is -2.27. The van der Waals surface area contributed by atoms with Crippen LogP contribution < -0.4 is 11.1 Å². The second-order valence-corrected chi connectivity index (χ2v) is 8.70. The molecular weight excluding hydrogens is 437 g/mol. The zero-order valence-corrected chi connectivity index (χ0v) is 17.8. The number of nitrogens with one attached hydrogen (secondary N) is 1. The minimum atomic E-state index is -2.98. The number of sulfone groups is 1. The summed E-state index contributed by atoms with van der Waals surface area (Å²) < 4.78 is 23.0. The molecule has 0 aliphatic heterocycles. The van der Waals surface area contributed by atoms with Crippen molar-refractivity contribution in [2.24, 2.45) is 16.1 Å². The number of rotatable bonds is 7. The van der Waals surface area contributed by atoms with E-state index in [9.17, 15) is 8.42 Å². The normalized spacial score (nSPS) is 16.4. The number of aryl methyl sites for hydroxylation is 2. The number of nitrogens with zero attached hydrogens (tertiary/aromatic N) is 1. The third kappa shape index (κ3) is 5.91. The van der Waals surface area contributed by atoms with Gasteiger partial charge in [0.25, 0.3) is 0 Å². The number of anilines is 1. The van der Waals surface area contributed by atoms with Crippen LogP contribution in [0.25, 0.3) is 0 Å². The number of para-hydroxylation sites is 1. The van der Waals surface area contributed by atoms with E-state index in [0.717, 1.165) is 31.4 Å². The first kappa shape index (κ1) is 21.2. The Hall–Kier alpha value is -0.830. The molecule has 0 heterocycles. The van der Waals surface area contributed by atoms with Gasteiger partial charge in [-0.3, -0.25) is 4.99 Å². The maximum absolute atomic E-state index is 11.5. The fourth-order valence-corrected chi connectivity index (χ4v) is 4.40. The average Bonchev–Trinajstić information content (AvgIpc) is 3.23. The molecule has 0 radical (unpaired) electrons. The molecule has 2 rings (SSSR count). The Bertz CT molecular complexity index is 676. The molecule has 1 aliphatic rings. The zero-order valence-electron chi connectivity index (χ0n) is 14.6. The van der Waals surface area contributed by atoms with E-state index in [2.05, 4.69) is 42.4 Å². The van der Waals surface area contributed by atoms with Crippen molar-refractivity contribution in [2.45, 2.75) is 39.5 Å². The van der Waals surface area contributed by atoms with E-state index in [1.54, 1.807) is 0 Å². The summed E-state index contributed by atoms with van der Waals surface area (Å²) in [7, 11) is -2.98. The number of halogens is 1. The zero-order chi connectivity index (χ0) is 17.1. The fourth-order valence-electron chi connectivity index (χ4n) is 2.90. The highest BCUT2D eigenvalue weighted by Crippen LogP contribution is 2.46. The quantitative estimate of drug-likeness (QED) is 0.369. The number of guanidine groups is 1. The van der Waals surface area contributed by atoms with E-state index in [4.69, 9.17) is 5.73 Å². The number of nitrogens with two attached hydrogens (primary N) is 1. The molecule has 24 heavy (non-hydrogen) atoms. The lowest BCUT2D eigenvalue weighted by atomic mass is 10.0. The third-order valence-corrected chi connectivity index (χ3v) is 5.50. The van der Waals surface area contributed by atoms with Gasteiger partial charge in [0.05, 0.1) is 5.75 Å². The van der Waals surface area contributed by atoms with Crippen LogP contribution in [0.4, 0.5) is 5.69 Å². The standard InChI is InChI=1S/C17H27N3O2S.HI/c1-4-13-7-6-8-14(5-2)15(13)20-16(18)19-11-17(9-10-17)12-23(3,21)22;/h6-8H,4-5,9-12H2,1-3H3,(H3,18,19,20);1H. The molecule has 0 bridgehead atoms. The summed E-state index contributed by atoms with van der Waals surface area (Å²) in [5.41, 5.74) is 9.29. The van der Waals surface area contributed by atoms with Gasteiger partial charge in [0.15, 0.2) is 5.96 Å². The molecule has 0 unspecified atom stereocenters. The van der Waals surface area contributed by atoms with Gasteiger partial charge in [-0.2, -0.15) is 0 Å². The monoisotopic (exact) mass is 465 g/mol. The first-order valence-electron chi connectivity index (χ1n) is 8.14. The number of hydrogen-bond acceptors (Lipinski definition) is 3. The Morgan fingerprint density at radius 2 is 1.79 bits per heavy atom. The van der Waals surface area contributed by atoms with Gasteiger partial charge in [-0.1, -0.05) is 32.0 Å². The number of aliphatic imine (C=N–C) groups is 1. The van der Waals surface area contributed by atoms with Crippen molar-refractivity contribution in [1.29, 1.82) is 0 Å². The predicted octanol–water partition coefficient (Wildman–Crippen LogP) is 2.98. The second kappa shape index (κ2) is 8.51. The lowest BCUT2D eigenvalue weighted by molar-refractivity contribution is 0.552. The maximum atomic E-state index is 11.5. The van der Waals surface area contributed by atoms with Crippen LogP contribution in [-0.4, -0.2) is 32.9 Å². The third-order valence-electron chi connectivity index (χ3n) is 4.36. The fraction of sp³-hybridized carbons (Fsp3) is 0.588. The highest BCUT2D eigenvalue weighted by molar-refractivity contribution is 14.0. The number of benzene rings is 1. The van der Waals surface area contributed by atoms with Gasteiger partial charge in [0, 0.05) is 23.9 Å². The summed E-state index contributed by atoms with van der Waals surface area (Å²) in [6.45, 7) is 4.69.